The highest BCUT2D eigenvalue weighted by Crippen LogP contribution is 2.18. The summed E-state index contributed by atoms with van der Waals surface area (Å²) in [4.78, 5) is 20.9. The molecule has 0 amide bonds. The van der Waals surface area contributed by atoms with E-state index < -0.39 is 0 Å². The molecule has 1 unspecified atom stereocenters. The second kappa shape index (κ2) is 8.53. The van der Waals surface area contributed by atoms with Gasteiger partial charge in [-0.05, 0) is 23.8 Å². The van der Waals surface area contributed by atoms with Gasteiger partial charge in [0.2, 0.25) is 0 Å². The standard InChI is InChI=1S/C20H19N5O/c21-20(17-10-4-5-12-23-17)25-24-18(16-9-6-11-22-14-16)13-19(26)15-7-2-1-3-8-15/h1-12,14,18,24H,13H2,(H2,21,25). The third-order valence-electron chi connectivity index (χ3n) is 3.84. The summed E-state index contributed by atoms with van der Waals surface area (Å²) in [6, 6.07) is 18.0. The number of aromatic nitrogens is 2. The van der Waals surface area contributed by atoms with Crippen molar-refractivity contribution in [3.05, 3.63) is 96.1 Å². The van der Waals surface area contributed by atoms with Crippen LogP contribution < -0.4 is 11.2 Å². The first-order valence-electron chi connectivity index (χ1n) is 8.22. The van der Waals surface area contributed by atoms with Crippen molar-refractivity contribution in [3.8, 4) is 0 Å². The molecule has 1 aromatic carbocycles. The molecule has 26 heavy (non-hydrogen) atoms. The van der Waals surface area contributed by atoms with E-state index >= 15 is 0 Å². The Balaban J connectivity index is 1.79. The number of nitrogens with one attached hydrogen (secondary N) is 1. The maximum atomic E-state index is 12.6. The lowest BCUT2D eigenvalue weighted by Gasteiger charge is -2.16. The van der Waals surface area contributed by atoms with Crippen molar-refractivity contribution in [1.82, 2.24) is 15.4 Å². The van der Waals surface area contributed by atoms with Gasteiger partial charge in [0.05, 0.1) is 6.04 Å². The van der Waals surface area contributed by atoms with E-state index in [2.05, 4.69) is 20.5 Å². The summed E-state index contributed by atoms with van der Waals surface area (Å²) in [5.41, 5.74) is 11.1. The van der Waals surface area contributed by atoms with Gasteiger partial charge in [0, 0.05) is 30.6 Å². The van der Waals surface area contributed by atoms with Gasteiger partial charge in [0.15, 0.2) is 11.6 Å². The zero-order chi connectivity index (χ0) is 18.2. The summed E-state index contributed by atoms with van der Waals surface area (Å²) in [5, 5.41) is 4.22. The van der Waals surface area contributed by atoms with Crippen LogP contribution in [0.25, 0.3) is 0 Å². The van der Waals surface area contributed by atoms with Crippen molar-refractivity contribution in [3.63, 3.8) is 0 Å². The number of amidine groups is 1. The molecule has 0 fully saturated rings. The average Bonchev–Trinajstić information content (AvgIpc) is 2.72. The van der Waals surface area contributed by atoms with Crippen molar-refractivity contribution in [1.29, 1.82) is 0 Å². The monoisotopic (exact) mass is 345 g/mol. The molecule has 0 spiro atoms. The molecule has 3 rings (SSSR count). The van der Waals surface area contributed by atoms with Gasteiger partial charge in [-0.15, -0.1) is 0 Å². The number of hydrazone groups is 1. The van der Waals surface area contributed by atoms with E-state index in [-0.39, 0.29) is 24.1 Å². The fourth-order valence-electron chi connectivity index (χ4n) is 2.47. The Morgan fingerprint density at radius 2 is 1.85 bits per heavy atom. The molecule has 130 valence electrons. The SMILES string of the molecule is N/C(=N\NC(CC(=O)c1ccccc1)c1cccnc1)c1ccccn1. The van der Waals surface area contributed by atoms with Crippen molar-refractivity contribution in [2.24, 2.45) is 10.8 Å². The summed E-state index contributed by atoms with van der Waals surface area (Å²) < 4.78 is 0. The smallest absolute Gasteiger partial charge is 0.169 e. The van der Waals surface area contributed by atoms with Crippen molar-refractivity contribution in [2.75, 3.05) is 0 Å². The van der Waals surface area contributed by atoms with E-state index in [0.29, 0.717) is 11.3 Å². The van der Waals surface area contributed by atoms with Crippen molar-refractivity contribution < 1.29 is 4.79 Å². The molecule has 6 nitrogen and oxygen atoms in total. The lowest BCUT2D eigenvalue weighted by atomic mass is 10.00. The number of carbonyl (C=O) groups excluding carboxylic acids is 1. The Labute approximate surface area is 151 Å². The van der Waals surface area contributed by atoms with E-state index in [1.807, 2.05) is 36.4 Å². The molecule has 1 atom stereocenters. The first kappa shape index (κ1) is 17.3. The van der Waals surface area contributed by atoms with Crippen LogP contribution in [0, 0.1) is 0 Å². The maximum absolute atomic E-state index is 12.6. The number of pyridine rings is 2. The van der Waals surface area contributed by atoms with Crippen LogP contribution in [0.5, 0.6) is 0 Å². The number of nitrogens with zero attached hydrogens (tertiary/aromatic N) is 3. The summed E-state index contributed by atoms with van der Waals surface area (Å²) in [5.74, 6) is 0.269. The van der Waals surface area contributed by atoms with Gasteiger partial charge in [0.1, 0.15) is 5.69 Å². The van der Waals surface area contributed by atoms with E-state index in [9.17, 15) is 4.79 Å². The molecule has 6 heteroatoms. The van der Waals surface area contributed by atoms with Gasteiger partial charge in [-0.1, -0.05) is 42.5 Å². The molecule has 0 aliphatic rings. The van der Waals surface area contributed by atoms with Crippen LogP contribution in [0.1, 0.15) is 34.1 Å². The molecule has 2 aromatic heterocycles. The topological polar surface area (TPSA) is 93.3 Å². The second-order valence-corrected chi connectivity index (χ2v) is 5.67. The zero-order valence-electron chi connectivity index (χ0n) is 14.1. The minimum Gasteiger partial charge on any atom is -0.380 e. The van der Waals surface area contributed by atoms with Crippen LogP contribution in [-0.2, 0) is 0 Å². The normalized spacial score (nSPS) is 12.4. The number of benzene rings is 1. The molecule has 0 bridgehead atoms. The minimum absolute atomic E-state index is 0.0126. The first-order chi connectivity index (χ1) is 12.7. The fourth-order valence-corrected chi connectivity index (χ4v) is 2.47. The molecular weight excluding hydrogens is 326 g/mol. The van der Waals surface area contributed by atoms with Gasteiger partial charge < -0.3 is 5.73 Å². The fraction of sp³-hybridized carbons (Fsp3) is 0.100. The minimum atomic E-state index is -0.348. The van der Waals surface area contributed by atoms with Gasteiger partial charge in [-0.2, -0.15) is 5.10 Å². The third-order valence-corrected chi connectivity index (χ3v) is 3.84. The quantitative estimate of drug-likeness (QED) is 0.297. The molecule has 0 radical (unpaired) electrons. The van der Waals surface area contributed by atoms with E-state index in [1.54, 1.807) is 42.9 Å². The zero-order valence-corrected chi connectivity index (χ0v) is 14.1. The predicted molar refractivity (Wildman–Crippen MR) is 100 cm³/mol. The van der Waals surface area contributed by atoms with Gasteiger partial charge in [0.25, 0.3) is 0 Å². The molecule has 3 N–H and O–H groups in total. The van der Waals surface area contributed by atoms with Gasteiger partial charge in [-0.3, -0.25) is 20.2 Å². The van der Waals surface area contributed by atoms with Crippen LogP contribution >= 0.6 is 0 Å². The molecule has 0 aliphatic heterocycles. The Morgan fingerprint density at radius 3 is 2.54 bits per heavy atom. The van der Waals surface area contributed by atoms with Gasteiger partial charge in [-0.25, -0.2) is 0 Å². The summed E-state index contributed by atoms with van der Waals surface area (Å²) >= 11 is 0. The Morgan fingerprint density at radius 1 is 1.04 bits per heavy atom. The Kier molecular flexibility index (Phi) is 5.67. The molecule has 0 saturated heterocycles. The predicted octanol–water partition coefficient (Wildman–Crippen LogP) is 2.70. The Bertz CT molecular complexity index is 866. The van der Waals surface area contributed by atoms with E-state index in [0.717, 1.165) is 5.56 Å². The highest BCUT2D eigenvalue weighted by molar-refractivity contribution is 5.97. The summed E-state index contributed by atoms with van der Waals surface area (Å²) in [6.45, 7) is 0. The van der Waals surface area contributed by atoms with E-state index in [4.69, 9.17) is 5.73 Å². The van der Waals surface area contributed by atoms with Crippen LogP contribution in [0.3, 0.4) is 0 Å². The van der Waals surface area contributed by atoms with Crippen molar-refractivity contribution >= 4 is 11.6 Å². The highest BCUT2D eigenvalue weighted by atomic mass is 16.1. The van der Waals surface area contributed by atoms with Gasteiger partial charge >= 0.3 is 0 Å². The van der Waals surface area contributed by atoms with Crippen LogP contribution in [0.2, 0.25) is 0 Å². The Hall–Kier alpha value is -3.54. The molecule has 3 aromatic rings. The lowest BCUT2D eigenvalue weighted by molar-refractivity contribution is 0.0968. The van der Waals surface area contributed by atoms with E-state index in [1.165, 1.54) is 0 Å². The summed E-state index contributed by atoms with van der Waals surface area (Å²) in [7, 11) is 0. The van der Waals surface area contributed by atoms with Crippen molar-refractivity contribution in [2.45, 2.75) is 12.5 Å². The third kappa shape index (κ3) is 4.51. The average molecular weight is 345 g/mol. The maximum Gasteiger partial charge on any atom is 0.169 e. The number of rotatable bonds is 7. The second-order valence-electron chi connectivity index (χ2n) is 5.67. The molecule has 0 aliphatic carbocycles. The molecule has 2 heterocycles. The molecular formula is C20H19N5O. The highest BCUT2D eigenvalue weighted by Gasteiger charge is 2.17. The number of carbonyl (C=O) groups is 1. The number of ketones is 1. The molecule has 0 saturated carbocycles. The largest absolute Gasteiger partial charge is 0.380 e. The van der Waals surface area contributed by atoms with Crippen LogP contribution in [0.4, 0.5) is 0 Å². The number of nitrogens with two attached hydrogens (primary N) is 1. The number of hydrogen-bond donors (Lipinski definition) is 2. The lowest BCUT2D eigenvalue weighted by Crippen LogP contribution is -2.25. The number of hydrogen-bond acceptors (Lipinski definition) is 5. The van der Waals surface area contributed by atoms with Crippen LogP contribution in [-0.4, -0.2) is 21.6 Å². The van der Waals surface area contributed by atoms with Crippen LogP contribution in [0.15, 0.2) is 84.4 Å². The summed E-state index contributed by atoms with van der Waals surface area (Å²) in [6.07, 6.45) is 5.28. The number of Topliss-reactive ketones (excluding diaryl/α,β-unsaturated/α-hetero) is 1. The first-order valence-corrected chi connectivity index (χ1v) is 8.22.